The molecule has 5 heteroatoms. The van der Waals surface area contributed by atoms with E-state index in [1.54, 1.807) is 18.2 Å². The van der Waals surface area contributed by atoms with E-state index < -0.39 is 0 Å². The summed E-state index contributed by atoms with van der Waals surface area (Å²) in [7, 11) is 0. The molecule has 1 N–H and O–H groups in total. The van der Waals surface area contributed by atoms with Gasteiger partial charge < -0.3 is 5.32 Å². The maximum absolute atomic E-state index is 11.1. The summed E-state index contributed by atoms with van der Waals surface area (Å²) in [5, 5.41) is 14.9. The predicted molar refractivity (Wildman–Crippen MR) is 81.3 cm³/mol. The van der Waals surface area contributed by atoms with Crippen molar-refractivity contribution < 1.29 is 4.92 Å². The van der Waals surface area contributed by atoms with Crippen molar-refractivity contribution >= 4 is 23.0 Å². The van der Waals surface area contributed by atoms with Crippen LogP contribution in [0, 0.1) is 24.0 Å². The molecule has 0 unspecified atom stereocenters. The van der Waals surface area contributed by atoms with E-state index in [9.17, 15) is 10.1 Å². The standard InChI is InChI=1S/C15H15ClN2O2/c1-10-7-11(2)15(14(8-10)18(19)20)17-9-12-3-5-13(16)6-4-12/h3-8,17H,9H2,1-2H3. The second kappa shape index (κ2) is 5.92. The third-order valence-corrected chi connectivity index (χ3v) is 3.29. The highest BCUT2D eigenvalue weighted by Gasteiger charge is 2.16. The molecule has 0 aliphatic rings. The van der Waals surface area contributed by atoms with E-state index >= 15 is 0 Å². The minimum absolute atomic E-state index is 0.108. The van der Waals surface area contributed by atoms with Crippen LogP contribution < -0.4 is 5.32 Å². The largest absolute Gasteiger partial charge is 0.375 e. The SMILES string of the molecule is Cc1cc(C)c(NCc2ccc(Cl)cc2)c([N+](=O)[O-])c1. The molecule has 0 aliphatic carbocycles. The molecule has 2 rings (SSSR count). The Morgan fingerprint density at radius 2 is 1.85 bits per heavy atom. The molecule has 0 atom stereocenters. The quantitative estimate of drug-likeness (QED) is 0.667. The zero-order valence-electron chi connectivity index (χ0n) is 11.3. The summed E-state index contributed by atoms with van der Waals surface area (Å²) in [5.41, 5.74) is 3.44. The maximum atomic E-state index is 11.1. The molecule has 2 aromatic carbocycles. The van der Waals surface area contributed by atoms with Gasteiger partial charge in [0.25, 0.3) is 5.69 Å². The molecule has 104 valence electrons. The van der Waals surface area contributed by atoms with Crippen LogP contribution in [0.4, 0.5) is 11.4 Å². The Morgan fingerprint density at radius 3 is 2.45 bits per heavy atom. The smallest absolute Gasteiger partial charge is 0.292 e. The first kappa shape index (κ1) is 14.3. The van der Waals surface area contributed by atoms with Crippen molar-refractivity contribution in [1.29, 1.82) is 0 Å². The van der Waals surface area contributed by atoms with E-state index in [0.29, 0.717) is 17.3 Å². The highest BCUT2D eigenvalue weighted by molar-refractivity contribution is 6.30. The Labute approximate surface area is 122 Å². The third-order valence-electron chi connectivity index (χ3n) is 3.04. The monoisotopic (exact) mass is 290 g/mol. The Bertz CT molecular complexity index is 639. The summed E-state index contributed by atoms with van der Waals surface area (Å²) in [4.78, 5) is 10.8. The van der Waals surface area contributed by atoms with Crippen LogP contribution in [0.5, 0.6) is 0 Å². The fraction of sp³-hybridized carbons (Fsp3) is 0.200. The van der Waals surface area contributed by atoms with Gasteiger partial charge in [-0.05, 0) is 42.7 Å². The van der Waals surface area contributed by atoms with Crippen LogP contribution in [-0.2, 0) is 6.54 Å². The minimum atomic E-state index is -0.357. The highest BCUT2D eigenvalue weighted by Crippen LogP contribution is 2.30. The number of nitrogens with one attached hydrogen (secondary N) is 1. The first-order valence-electron chi connectivity index (χ1n) is 6.21. The van der Waals surface area contributed by atoms with Crippen LogP contribution >= 0.6 is 11.6 Å². The lowest BCUT2D eigenvalue weighted by Gasteiger charge is -2.11. The number of benzene rings is 2. The number of halogens is 1. The van der Waals surface area contributed by atoms with Gasteiger partial charge in [-0.15, -0.1) is 0 Å². The molecular weight excluding hydrogens is 276 g/mol. The lowest BCUT2D eigenvalue weighted by molar-refractivity contribution is -0.384. The molecule has 0 spiro atoms. The number of hydrogen-bond acceptors (Lipinski definition) is 3. The fourth-order valence-corrected chi connectivity index (χ4v) is 2.24. The van der Waals surface area contributed by atoms with Gasteiger partial charge in [-0.1, -0.05) is 29.8 Å². The molecule has 0 saturated heterocycles. The molecule has 0 heterocycles. The van der Waals surface area contributed by atoms with Gasteiger partial charge in [-0.2, -0.15) is 0 Å². The molecular formula is C15H15ClN2O2. The zero-order chi connectivity index (χ0) is 14.7. The molecule has 0 amide bonds. The van der Waals surface area contributed by atoms with Crippen LogP contribution in [0.3, 0.4) is 0 Å². The normalized spacial score (nSPS) is 10.3. The molecule has 4 nitrogen and oxygen atoms in total. The van der Waals surface area contributed by atoms with Crippen molar-refractivity contribution in [3.8, 4) is 0 Å². The molecule has 0 fully saturated rings. The maximum Gasteiger partial charge on any atom is 0.292 e. The number of nitrogens with zero attached hydrogens (tertiary/aromatic N) is 1. The molecule has 0 saturated carbocycles. The van der Waals surface area contributed by atoms with Crippen molar-refractivity contribution in [3.05, 3.63) is 68.2 Å². The number of hydrogen-bond donors (Lipinski definition) is 1. The van der Waals surface area contributed by atoms with Crippen molar-refractivity contribution in [2.45, 2.75) is 20.4 Å². The van der Waals surface area contributed by atoms with E-state index in [2.05, 4.69) is 5.32 Å². The average molecular weight is 291 g/mol. The van der Waals surface area contributed by atoms with E-state index in [4.69, 9.17) is 11.6 Å². The van der Waals surface area contributed by atoms with Gasteiger partial charge in [0.2, 0.25) is 0 Å². The molecule has 0 aliphatic heterocycles. The van der Waals surface area contributed by atoms with Gasteiger partial charge in [0, 0.05) is 17.6 Å². The Kier molecular flexibility index (Phi) is 4.25. The van der Waals surface area contributed by atoms with Crippen LogP contribution in [0.25, 0.3) is 0 Å². The van der Waals surface area contributed by atoms with Gasteiger partial charge in [0.1, 0.15) is 5.69 Å². The molecule has 20 heavy (non-hydrogen) atoms. The van der Waals surface area contributed by atoms with Gasteiger partial charge in [-0.25, -0.2) is 0 Å². The lowest BCUT2D eigenvalue weighted by atomic mass is 10.1. The summed E-state index contributed by atoms with van der Waals surface area (Å²) in [6.07, 6.45) is 0. The van der Waals surface area contributed by atoms with Gasteiger partial charge in [0.05, 0.1) is 4.92 Å². The number of nitro benzene ring substituents is 1. The molecule has 0 aromatic heterocycles. The predicted octanol–water partition coefficient (Wildman–Crippen LogP) is 4.48. The molecule has 0 bridgehead atoms. The third kappa shape index (κ3) is 3.27. The molecule has 2 aromatic rings. The van der Waals surface area contributed by atoms with Crippen LogP contribution in [-0.4, -0.2) is 4.92 Å². The summed E-state index contributed by atoms with van der Waals surface area (Å²) >= 11 is 5.83. The first-order chi connectivity index (χ1) is 9.47. The minimum Gasteiger partial charge on any atom is -0.375 e. The highest BCUT2D eigenvalue weighted by atomic mass is 35.5. The van der Waals surface area contributed by atoms with Gasteiger partial charge >= 0.3 is 0 Å². The number of anilines is 1. The fourth-order valence-electron chi connectivity index (χ4n) is 2.11. The number of aryl methyl sites for hydroxylation is 2. The van der Waals surface area contributed by atoms with Crippen LogP contribution in [0.2, 0.25) is 5.02 Å². The van der Waals surface area contributed by atoms with E-state index in [-0.39, 0.29) is 10.6 Å². The average Bonchev–Trinajstić information content (AvgIpc) is 2.38. The van der Waals surface area contributed by atoms with Gasteiger partial charge in [0.15, 0.2) is 0 Å². The first-order valence-corrected chi connectivity index (χ1v) is 6.59. The lowest BCUT2D eigenvalue weighted by Crippen LogP contribution is -2.05. The van der Waals surface area contributed by atoms with Crippen LogP contribution in [0.1, 0.15) is 16.7 Å². The van der Waals surface area contributed by atoms with E-state index in [1.165, 1.54) is 0 Å². The summed E-state index contributed by atoms with van der Waals surface area (Å²) in [6.45, 7) is 4.23. The Morgan fingerprint density at radius 1 is 1.20 bits per heavy atom. The summed E-state index contributed by atoms with van der Waals surface area (Å²) < 4.78 is 0. The van der Waals surface area contributed by atoms with Crippen molar-refractivity contribution in [2.75, 3.05) is 5.32 Å². The number of rotatable bonds is 4. The summed E-state index contributed by atoms with van der Waals surface area (Å²) in [5.74, 6) is 0. The van der Waals surface area contributed by atoms with Crippen LogP contribution in [0.15, 0.2) is 36.4 Å². The van der Waals surface area contributed by atoms with E-state index in [1.807, 2.05) is 32.0 Å². The number of nitro groups is 1. The topological polar surface area (TPSA) is 55.2 Å². The van der Waals surface area contributed by atoms with Crippen molar-refractivity contribution in [2.24, 2.45) is 0 Å². The van der Waals surface area contributed by atoms with Gasteiger partial charge in [-0.3, -0.25) is 10.1 Å². The van der Waals surface area contributed by atoms with E-state index in [0.717, 1.165) is 16.7 Å². The second-order valence-corrected chi connectivity index (χ2v) is 5.15. The zero-order valence-corrected chi connectivity index (χ0v) is 12.1. The van der Waals surface area contributed by atoms with Crippen molar-refractivity contribution in [3.63, 3.8) is 0 Å². The Balaban J connectivity index is 2.24. The molecule has 0 radical (unpaired) electrons. The second-order valence-electron chi connectivity index (χ2n) is 4.71. The summed E-state index contributed by atoms with van der Waals surface area (Å²) in [6, 6.07) is 10.9. The Hall–Kier alpha value is -2.07. The van der Waals surface area contributed by atoms with Crippen molar-refractivity contribution in [1.82, 2.24) is 0 Å².